The highest BCUT2D eigenvalue weighted by molar-refractivity contribution is 5.79. The van der Waals surface area contributed by atoms with Gasteiger partial charge in [-0.05, 0) is 37.2 Å². The number of carbonyl (C=O) groups is 1. The summed E-state index contributed by atoms with van der Waals surface area (Å²) >= 11 is 0. The summed E-state index contributed by atoms with van der Waals surface area (Å²) in [7, 11) is 0. The van der Waals surface area contributed by atoms with Gasteiger partial charge in [0.2, 0.25) is 0 Å². The number of nitro groups is 1. The molecule has 0 aromatic carbocycles. The van der Waals surface area contributed by atoms with Crippen molar-refractivity contribution in [2.45, 2.75) is 32.1 Å². The van der Waals surface area contributed by atoms with Crippen molar-refractivity contribution in [2.24, 2.45) is 11.8 Å². The number of rotatable bonds is 2. The van der Waals surface area contributed by atoms with Crippen LogP contribution in [0.25, 0.3) is 0 Å². The molecular formula is C12H15NO3. The number of hydrogen-bond acceptors (Lipinski definition) is 3. The third kappa shape index (κ3) is 2.38. The van der Waals surface area contributed by atoms with Crippen molar-refractivity contribution in [3.05, 3.63) is 34.0 Å². The van der Waals surface area contributed by atoms with Gasteiger partial charge >= 0.3 is 0 Å². The van der Waals surface area contributed by atoms with Gasteiger partial charge in [-0.15, -0.1) is 0 Å². The molecule has 0 aliphatic heterocycles. The van der Waals surface area contributed by atoms with Crippen LogP contribution in [0.15, 0.2) is 23.9 Å². The van der Waals surface area contributed by atoms with Crippen LogP contribution < -0.4 is 0 Å². The van der Waals surface area contributed by atoms with Gasteiger partial charge in [0.15, 0.2) is 0 Å². The predicted octanol–water partition coefficient (Wildman–Crippen LogP) is 2.48. The molecule has 2 rings (SSSR count). The molecule has 0 spiro atoms. The summed E-state index contributed by atoms with van der Waals surface area (Å²) in [4.78, 5) is 21.5. The van der Waals surface area contributed by atoms with E-state index >= 15 is 0 Å². The zero-order chi connectivity index (χ0) is 11.5. The largest absolute Gasteiger partial charge is 0.300 e. The van der Waals surface area contributed by atoms with Crippen LogP contribution in [-0.4, -0.2) is 10.7 Å². The van der Waals surface area contributed by atoms with E-state index in [0.29, 0.717) is 24.5 Å². The van der Waals surface area contributed by atoms with E-state index in [1.807, 2.05) is 6.08 Å². The van der Waals surface area contributed by atoms with Crippen LogP contribution in [0, 0.1) is 22.0 Å². The smallest absolute Gasteiger partial charge is 0.265 e. The highest BCUT2D eigenvalue weighted by Gasteiger charge is 2.27. The first-order chi connectivity index (χ1) is 7.66. The van der Waals surface area contributed by atoms with Crippen LogP contribution >= 0.6 is 0 Å². The Bertz CT molecular complexity index is 360. The summed E-state index contributed by atoms with van der Waals surface area (Å²) < 4.78 is 0. The third-order valence-electron chi connectivity index (χ3n) is 3.49. The molecule has 0 heterocycles. The van der Waals surface area contributed by atoms with Crippen molar-refractivity contribution in [1.82, 2.24) is 0 Å². The molecule has 1 fully saturated rings. The fourth-order valence-corrected chi connectivity index (χ4v) is 2.53. The second-order valence-electron chi connectivity index (χ2n) is 4.53. The maximum absolute atomic E-state index is 11.1. The molecule has 2 aliphatic carbocycles. The number of ketones is 1. The van der Waals surface area contributed by atoms with Gasteiger partial charge < -0.3 is 0 Å². The quantitative estimate of drug-likeness (QED) is 0.531. The van der Waals surface area contributed by atoms with Crippen molar-refractivity contribution < 1.29 is 9.72 Å². The Morgan fingerprint density at radius 1 is 1.31 bits per heavy atom. The molecule has 16 heavy (non-hydrogen) atoms. The maximum atomic E-state index is 11.1. The first kappa shape index (κ1) is 11.0. The molecule has 1 saturated carbocycles. The molecule has 0 N–H and O–H groups in total. The predicted molar refractivity (Wildman–Crippen MR) is 59.3 cm³/mol. The Morgan fingerprint density at radius 3 is 2.62 bits per heavy atom. The standard InChI is InChI=1S/C12H15NO3/c14-12-6-4-9(5-7-12)10-2-1-3-11(8-10)13(15)16/h1,3,8-10H,2,4-7H2/t10-/m1/s1. The first-order valence-electron chi connectivity index (χ1n) is 5.71. The number of carbonyl (C=O) groups excluding carboxylic acids is 1. The maximum Gasteiger partial charge on any atom is 0.265 e. The van der Waals surface area contributed by atoms with Crippen molar-refractivity contribution in [3.8, 4) is 0 Å². The van der Waals surface area contributed by atoms with Gasteiger partial charge in [-0.1, -0.05) is 6.08 Å². The number of allylic oxidation sites excluding steroid dienone is 3. The summed E-state index contributed by atoms with van der Waals surface area (Å²) in [6.07, 6.45) is 9.15. The molecule has 4 nitrogen and oxygen atoms in total. The van der Waals surface area contributed by atoms with Gasteiger partial charge in [-0.2, -0.15) is 0 Å². The van der Waals surface area contributed by atoms with Crippen molar-refractivity contribution in [2.75, 3.05) is 0 Å². The van der Waals surface area contributed by atoms with Gasteiger partial charge in [0.1, 0.15) is 5.78 Å². The number of nitrogens with zero attached hydrogens (tertiary/aromatic N) is 1. The minimum atomic E-state index is -0.337. The lowest BCUT2D eigenvalue weighted by Crippen LogP contribution is -2.22. The average molecular weight is 221 g/mol. The fourth-order valence-electron chi connectivity index (χ4n) is 2.53. The second-order valence-corrected chi connectivity index (χ2v) is 4.53. The van der Waals surface area contributed by atoms with Crippen LogP contribution in [0.3, 0.4) is 0 Å². The molecule has 0 unspecified atom stereocenters. The van der Waals surface area contributed by atoms with Gasteiger partial charge in [-0.3, -0.25) is 14.9 Å². The van der Waals surface area contributed by atoms with E-state index in [9.17, 15) is 14.9 Å². The summed E-state index contributed by atoms with van der Waals surface area (Å²) in [5, 5.41) is 10.7. The minimum Gasteiger partial charge on any atom is -0.300 e. The van der Waals surface area contributed by atoms with E-state index in [0.717, 1.165) is 19.3 Å². The molecule has 1 atom stereocenters. The van der Waals surface area contributed by atoms with Gasteiger partial charge in [-0.25, -0.2) is 0 Å². The third-order valence-corrected chi connectivity index (χ3v) is 3.49. The summed E-state index contributed by atoms with van der Waals surface area (Å²) in [5.41, 5.74) is 0.202. The Balaban J connectivity index is 2.03. The van der Waals surface area contributed by atoms with Crippen molar-refractivity contribution in [1.29, 1.82) is 0 Å². The van der Waals surface area contributed by atoms with E-state index in [1.165, 1.54) is 0 Å². The Morgan fingerprint density at radius 2 is 2.00 bits per heavy atom. The normalized spacial score (nSPS) is 26.6. The molecule has 0 radical (unpaired) electrons. The SMILES string of the molecule is O=C1CCC([C@H]2C=C([N+](=O)[O-])C=CC2)CC1. The van der Waals surface area contributed by atoms with Crippen LogP contribution in [0.2, 0.25) is 0 Å². The number of hydrogen-bond donors (Lipinski definition) is 0. The Labute approximate surface area is 94.2 Å². The van der Waals surface area contributed by atoms with Crippen LogP contribution in [0.5, 0.6) is 0 Å². The molecule has 0 aromatic heterocycles. The molecule has 86 valence electrons. The fraction of sp³-hybridized carbons (Fsp3) is 0.583. The van der Waals surface area contributed by atoms with E-state index < -0.39 is 0 Å². The Hall–Kier alpha value is -1.45. The zero-order valence-electron chi connectivity index (χ0n) is 9.09. The zero-order valence-corrected chi connectivity index (χ0v) is 9.09. The molecule has 0 amide bonds. The molecule has 0 bridgehead atoms. The Kier molecular flexibility index (Phi) is 3.17. The van der Waals surface area contributed by atoms with Crippen molar-refractivity contribution in [3.63, 3.8) is 0 Å². The molecular weight excluding hydrogens is 206 g/mol. The minimum absolute atomic E-state index is 0.202. The second kappa shape index (κ2) is 4.60. The number of Topliss-reactive ketones (excluding diaryl/α,β-unsaturated/α-hetero) is 1. The topological polar surface area (TPSA) is 60.2 Å². The van der Waals surface area contributed by atoms with Gasteiger partial charge in [0.05, 0.1) is 4.92 Å². The van der Waals surface area contributed by atoms with E-state index in [-0.39, 0.29) is 16.5 Å². The van der Waals surface area contributed by atoms with Gasteiger partial charge in [0, 0.05) is 18.9 Å². The highest BCUT2D eigenvalue weighted by Crippen LogP contribution is 2.33. The summed E-state index contributed by atoms with van der Waals surface area (Å²) in [6, 6.07) is 0. The van der Waals surface area contributed by atoms with Crippen LogP contribution in [0.1, 0.15) is 32.1 Å². The van der Waals surface area contributed by atoms with E-state index in [1.54, 1.807) is 12.2 Å². The highest BCUT2D eigenvalue weighted by atomic mass is 16.6. The molecule has 2 aliphatic rings. The lowest BCUT2D eigenvalue weighted by molar-refractivity contribution is -0.419. The summed E-state index contributed by atoms with van der Waals surface area (Å²) in [6.45, 7) is 0. The monoisotopic (exact) mass is 221 g/mol. The van der Waals surface area contributed by atoms with E-state index in [4.69, 9.17) is 0 Å². The lowest BCUT2D eigenvalue weighted by atomic mass is 9.77. The average Bonchev–Trinajstić information content (AvgIpc) is 2.30. The van der Waals surface area contributed by atoms with Crippen LogP contribution in [0.4, 0.5) is 0 Å². The van der Waals surface area contributed by atoms with Gasteiger partial charge in [0.25, 0.3) is 5.70 Å². The van der Waals surface area contributed by atoms with E-state index in [2.05, 4.69) is 0 Å². The summed E-state index contributed by atoms with van der Waals surface area (Å²) in [5.74, 6) is 1.03. The first-order valence-corrected chi connectivity index (χ1v) is 5.71. The molecule has 0 aromatic rings. The van der Waals surface area contributed by atoms with Crippen LogP contribution in [-0.2, 0) is 4.79 Å². The van der Waals surface area contributed by atoms with Crippen molar-refractivity contribution >= 4 is 5.78 Å². The molecule has 0 saturated heterocycles. The lowest BCUT2D eigenvalue weighted by Gasteiger charge is -2.27. The molecule has 4 heteroatoms.